The molecule has 0 radical (unpaired) electrons. The molecule has 6 nitrogen and oxygen atoms in total. The van der Waals surface area contributed by atoms with E-state index in [9.17, 15) is 9.59 Å². The molecule has 1 aliphatic rings. The van der Waals surface area contributed by atoms with Gasteiger partial charge in [0.2, 0.25) is 5.91 Å². The maximum absolute atomic E-state index is 12.5. The third kappa shape index (κ3) is 2.62. The molecule has 0 aliphatic carbocycles. The summed E-state index contributed by atoms with van der Waals surface area (Å²) in [5, 5.41) is 7.01. The number of carbonyl (C=O) groups excluding carboxylic acids is 2. The highest BCUT2D eigenvalue weighted by atomic mass is 16.2. The Morgan fingerprint density at radius 2 is 2.11 bits per heavy atom. The topological polar surface area (TPSA) is 67.2 Å². The summed E-state index contributed by atoms with van der Waals surface area (Å²) in [5.41, 5.74) is 0. The van der Waals surface area contributed by atoms with Crippen LogP contribution in [0, 0.1) is 5.92 Å². The van der Waals surface area contributed by atoms with Crippen molar-refractivity contribution in [2.75, 3.05) is 4.90 Å². The van der Waals surface area contributed by atoms with Crippen LogP contribution in [0.4, 0.5) is 5.82 Å². The van der Waals surface area contributed by atoms with Crippen LogP contribution in [0.15, 0.2) is 12.3 Å². The van der Waals surface area contributed by atoms with Gasteiger partial charge >= 0.3 is 0 Å². The number of nitrogens with zero attached hydrogens (tertiary/aromatic N) is 3. The first-order valence-electron chi connectivity index (χ1n) is 6.53. The molecular weight excluding hydrogens is 244 g/mol. The summed E-state index contributed by atoms with van der Waals surface area (Å²) in [4.78, 5) is 26.0. The smallest absolute Gasteiger partial charge is 0.251 e. The zero-order chi connectivity index (χ0) is 14.2. The standard InChI is InChI=1S/C13H20N4O2/c1-8(2)7-10-13(19)17(9(3)12(18)14-10)11-5-6-16(4)15-11/h5-6,8-10H,7H2,1-4H3,(H,14,18). The second-order valence-corrected chi connectivity index (χ2v) is 5.42. The largest absolute Gasteiger partial charge is 0.342 e. The molecule has 1 fully saturated rings. The first-order chi connectivity index (χ1) is 8.90. The third-order valence-corrected chi connectivity index (χ3v) is 3.27. The van der Waals surface area contributed by atoms with E-state index in [1.165, 1.54) is 4.90 Å². The molecule has 2 atom stereocenters. The average molecular weight is 264 g/mol. The zero-order valence-electron chi connectivity index (χ0n) is 11.8. The molecule has 1 aromatic rings. The van der Waals surface area contributed by atoms with Gasteiger partial charge in [-0.3, -0.25) is 19.2 Å². The Bertz CT molecular complexity index is 495. The molecule has 104 valence electrons. The summed E-state index contributed by atoms with van der Waals surface area (Å²) in [6, 6.07) is 0.774. The van der Waals surface area contributed by atoms with Crippen LogP contribution in [0.3, 0.4) is 0 Å². The number of aromatic nitrogens is 2. The van der Waals surface area contributed by atoms with Gasteiger partial charge in [0.15, 0.2) is 5.82 Å². The molecule has 19 heavy (non-hydrogen) atoms. The third-order valence-electron chi connectivity index (χ3n) is 3.27. The van der Waals surface area contributed by atoms with Crippen molar-refractivity contribution in [2.24, 2.45) is 13.0 Å². The van der Waals surface area contributed by atoms with Crippen LogP contribution in [0.2, 0.25) is 0 Å². The van der Waals surface area contributed by atoms with Gasteiger partial charge in [0.05, 0.1) is 0 Å². The van der Waals surface area contributed by atoms with Crippen LogP contribution in [0.25, 0.3) is 0 Å². The summed E-state index contributed by atoms with van der Waals surface area (Å²) in [6.07, 6.45) is 2.40. The van der Waals surface area contributed by atoms with Crippen LogP contribution in [0.1, 0.15) is 27.2 Å². The van der Waals surface area contributed by atoms with E-state index < -0.39 is 12.1 Å². The van der Waals surface area contributed by atoms with E-state index in [0.717, 1.165) is 0 Å². The van der Waals surface area contributed by atoms with Crippen LogP contribution >= 0.6 is 0 Å². The summed E-state index contributed by atoms with van der Waals surface area (Å²) in [7, 11) is 1.79. The van der Waals surface area contributed by atoms with E-state index in [4.69, 9.17) is 0 Å². The van der Waals surface area contributed by atoms with Crippen molar-refractivity contribution in [1.82, 2.24) is 15.1 Å². The van der Waals surface area contributed by atoms with Gasteiger partial charge in [-0.2, -0.15) is 5.10 Å². The SMILES string of the molecule is CC(C)CC1NC(=O)C(C)N(c2ccn(C)n2)C1=O. The second kappa shape index (κ2) is 5.03. The highest BCUT2D eigenvalue weighted by Crippen LogP contribution is 2.21. The number of hydrogen-bond donors (Lipinski definition) is 1. The van der Waals surface area contributed by atoms with E-state index in [2.05, 4.69) is 10.4 Å². The number of aryl methyl sites for hydroxylation is 1. The number of nitrogens with one attached hydrogen (secondary N) is 1. The van der Waals surface area contributed by atoms with E-state index in [1.807, 2.05) is 13.8 Å². The Balaban J connectivity index is 2.29. The first kappa shape index (κ1) is 13.6. The van der Waals surface area contributed by atoms with Crippen molar-refractivity contribution in [3.05, 3.63) is 12.3 Å². The maximum Gasteiger partial charge on any atom is 0.251 e. The van der Waals surface area contributed by atoms with E-state index >= 15 is 0 Å². The fourth-order valence-corrected chi connectivity index (χ4v) is 2.30. The van der Waals surface area contributed by atoms with Crippen molar-refractivity contribution < 1.29 is 9.59 Å². The molecule has 1 aliphatic heterocycles. The van der Waals surface area contributed by atoms with Gasteiger partial charge < -0.3 is 5.32 Å². The fraction of sp³-hybridized carbons (Fsp3) is 0.615. The number of anilines is 1. The lowest BCUT2D eigenvalue weighted by molar-refractivity contribution is -0.133. The van der Waals surface area contributed by atoms with E-state index in [-0.39, 0.29) is 11.8 Å². The number of carbonyl (C=O) groups is 2. The molecule has 0 spiro atoms. The van der Waals surface area contributed by atoms with E-state index in [1.54, 1.807) is 30.9 Å². The number of amides is 2. The highest BCUT2D eigenvalue weighted by molar-refractivity contribution is 6.07. The molecule has 1 N–H and O–H groups in total. The summed E-state index contributed by atoms with van der Waals surface area (Å²) in [6.45, 7) is 5.78. The van der Waals surface area contributed by atoms with Crippen molar-refractivity contribution in [1.29, 1.82) is 0 Å². The summed E-state index contributed by atoms with van der Waals surface area (Å²) in [5.74, 6) is 0.659. The lowest BCUT2D eigenvalue weighted by Gasteiger charge is -2.36. The normalized spacial score (nSPS) is 23.9. The Hall–Kier alpha value is -1.85. The van der Waals surface area contributed by atoms with Gasteiger partial charge in [-0.1, -0.05) is 13.8 Å². The van der Waals surface area contributed by atoms with Gasteiger partial charge in [0.1, 0.15) is 12.1 Å². The van der Waals surface area contributed by atoms with Gasteiger partial charge in [-0.05, 0) is 19.3 Å². The van der Waals surface area contributed by atoms with Gasteiger partial charge in [0, 0.05) is 19.3 Å². The Kier molecular flexibility index (Phi) is 3.59. The molecular formula is C13H20N4O2. The predicted octanol–water partition coefficient (Wildman–Crippen LogP) is 0.686. The molecule has 2 rings (SSSR count). The minimum atomic E-state index is -0.522. The molecule has 0 aromatic carbocycles. The number of piperazine rings is 1. The second-order valence-electron chi connectivity index (χ2n) is 5.42. The zero-order valence-corrected chi connectivity index (χ0v) is 11.8. The Labute approximate surface area is 112 Å². The molecule has 6 heteroatoms. The van der Waals surface area contributed by atoms with Crippen LogP contribution in [-0.4, -0.2) is 33.7 Å². The molecule has 2 heterocycles. The lowest BCUT2D eigenvalue weighted by Crippen LogP contribution is -2.63. The van der Waals surface area contributed by atoms with E-state index in [0.29, 0.717) is 18.2 Å². The molecule has 2 amide bonds. The minimum Gasteiger partial charge on any atom is -0.342 e. The summed E-state index contributed by atoms with van der Waals surface area (Å²) >= 11 is 0. The van der Waals surface area contributed by atoms with Crippen molar-refractivity contribution in [2.45, 2.75) is 39.3 Å². The van der Waals surface area contributed by atoms with Crippen molar-refractivity contribution in [3.8, 4) is 0 Å². The minimum absolute atomic E-state index is 0.0838. The van der Waals surface area contributed by atoms with Crippen molar-refractivity contribution >= 4 is 17.6 Å². The van der Waals surface area contributed by atoms with Gasteiger partial charge in [0.25, 0.3) is 5.91 Å². The molecule has 1 saturated heterocycles. The van der Waals surface area contributed by atoms with Gasteiger partial charge in [-0.15, -0.1) is 0 Å². The van der Waals surface area contributed by atoms with Gasteiger partial charge in [-0.25, -0.2) is 0 Å². The van der Waals surface area contributed by atoms with Crippen LogP contribution < -0.4 is 10.2 Å². The molecule has 0 bridgehead atoms. The Morgan fingerprint density at radius 1 is 1.42 bits per heavy atom. The first-order valence-corrected chi connectivity index (χ1v) is 6.53. The fourth-order valence-electron chi connectivity index (χ4n) is 2.30. The lowest BCUT2D eigenvalue weighted by atomic mass is 9.99. The molecule has 2 unspecified atom stereocenters. The Morgan fingerprint density at radius 3 is 2.63 bits per heavy atom. The van der Waals surface area contributed by atoms with Crippen LogP contribution in [-0.2, 0) is 16.6 Å². The monoisotopic (exact) mass is 264 g/mol. The average Bonchev–Trinajstić information content (AvgIpc) is 2.72. The predicted molar refractivity (Wildman–Crippen MR) is 71.5 cm³/mol. The number of hydrogen-bond acceptors (Lipinski definition) is 3. The highest BCUT2D eigenvalue weighted by Gasteiger charge is 2.39. The summed E-state index contributed by atoms with van der Waals surface area (Å²) < 4.78 is 1.62. The quantitative estimate of drug-likeness (QED) is 0.873. The molecule has 0 saturated carbocycles. The van der Waals surface area contributed by atoms with Crippen LogP contribution in [0.5, 0.6) is 0 Å². The maximum atomic E-state index is 12.5. The molecule has 1 aromatic heterocycles. The van der Waals surface area contributed by atoms with Crippen molar-refractivity contribution in [3.63, 3.8) is 0 Å². The number of rotatable bonds is 3.